The Balaban J connectivity index is 2.25. The molecule has 0 aromatic carbocycles. The number of nitrogens with zero attached hydrogens (tertiary/aromatic N) is 4. The molecular weight excluding hydrogens is 214 g/mol. The number of anilines is 2. The largest absolute Gasteiger partial charge is 0.360 e. The summed E-state index contributed by atoms with van der Waals surface area (Å²) >= 11 is 0. The lowest BCUT2D eigenvalue weighted by atomic mass is 10.3. The van der Waals surface area contributed by atoms with Crippen LogP contribution in [0.1, 0.15) is 19.2 Å². The van der Waals surface area contributed by atoms with Gasteiger partial charge in [0.05, 0.1) is 0 Å². The maximum absolute atomic E-state index is 5.93. The molecule has 0 radical (unpaired) electrons. The summed E-state index contributed by atoms with van der Waals surface area (Å²) in [6.45, 7) is 6.88. The molecule has 2 rings (SSSR count). The first-order valence-electron chi connectivity index (χ1n) is 6.17. The first-order chi connectivity index (χ1) is 8.10. The molecule has 1 aromatic rings. The average Bonchev–Trinajstić information content (AvgIpc) is 2.74. The standard InChI is InChI=1S/C12H21N5/c1-4-16(3)11-7-12(15-9(2)14-11)17-6-5-10(13)8-17/h7,10H,4-6,8,13H2,1-3H3. The van der Waals surface area contributed by atoms with Crippen LogP contribution in [0.3, 0.4) is 0 Å². The molecule has 17 heavy (non-hydrogen) atoms. The number of hydrogen-bond donors (Lipinski definition) is 1. The molecule has 0 bridgehead atoms. The Labute approximate surface area is 103 Å². The highest BCUT2D eigenvalue weighted by molar-refractivity contribution is 5.51. The molecule has 1 atom stereocenters. The van der Waals surface area contributed by atoms with E-state index in [1.54, 1.807) is 0 Å². The fraction of sp³-hybridized carbons (Fsp3) is 0.667. The topological polar surface area (TPSA) is 58.3 Å². The number of hydrogen-bond acceptors (Lipinski definition) is 5. The van der Waals surface area contributed by atoms with Gasteiger partial charge in [-0.05, 0) is 20.3 Å². The lowest BCUT2D eigenvalue weighted by molar-refractivity contribution is 0.751. The summed E-state index contributed by atoms with van der Waals surface area (Å²) in [5.41, 5.74) is 5.93. The first-order valence-corrected chi connectivity index (χ1v) is 6.17. The molecule has 1 saturated heterocycles. The predicted molar refractivity (Wildman–Crippen MR) is 70.5 cm³/mol. The maximum Gasteiger partial charge on any atom is 0.134 e. The van der Waals surface area contributed by atoms with E-state index >= 15 is 0 Å². The second kappa shape index (κ2) is 4.87. The summed E-state index contributed by atoms with van der Waals surface area (Å²) in [4.78, 5) is 13.3. The van der Waals surface area contributed by atoms with Crippen LogP contribution < -0.4 is 15.5 Å². The minimum absolute atomic E-state index is 0.276. The number of aryl methyl sites for hydroxylation is 1. The van der Waals surface area contributed by atoms with Crippen LogP contribution in [-0.2, 0) is 0 Å². The molecule has 1 aliphatic heterocycles. The second-order valence-electron chi connectivity index (χ2n) is 4.64. The van der Waals surface area contributed by atoms with E-state index in [2.05, 4.69) is 32.8 Å². The van der Waals surface area contributed by atoms with Crippen LogP contribution in [0.2, 0.25) is 0 Å². The van der Waals surface area contributed by atoms with E-state index in [0.717, 1.165) is 43.5 Å². The second-order valence-corrected chi connectivity index (χ2v) is 4.64. The summed E-state index contributed by atoms with van der Waals surface area (Å²) in [6.07, 6.45) is 1.04. The van der Waals surface area contributed by atoms with Crippen LogP contribution >= 0.6 is 0 Å². The zero-order chi connectivity index (χ0) is 12.4. The maximum atomic E-state index is 5.93. The fourth-order valence-electron chi connectivity index (χ4n) is 2.05. The van der Waals surface area contributed by atoms with Crippen molar-refractivity contribution in [1.82, 2.24) is 9.97 Å². The van der Waals surface area contributed by atoms with Gasteiger partial charge in [0.2, 0.25) is 0 Å². The van der Waals surface area contributed by atoms with Gasteiger partial charge < -0.3 is 15.5 Å². The van der Waals surface area contributed by atoms with E-state index in [1.165, 1.54) is 0 Å². The van der Waals surface area contributed by atoms with Gasteiger partial charge in [-0.2, -0.15) is 0 Å². The van der Waals surface area contributed by atoms with Gasteiger partial charge in [0.15, 0.2) is 0 Å². The van der Waals surface area contributed by atoms with Crippen LogP contribution in [0.15, 0.2) is 6.07 Å². The lowest BCUT2D eigenvalue weighted by Crippen LogP contribution is -2.27. The third kappa shape index (κ3) is 2.66. The molecule has 0 amide bonds. The van der Waals surface area contributed by atoms with Crippen molar-refractivity contribution in [2.45, 2.75) is 26.3 Å². The van der Waals surface area contributed by atoms with Gasteiger partial charge in [0.1, 0.15) is 17.5 Å². The van der Waals surface area contributed by atoms with E-state index in [9.17, 15) is 0 Å². The summed E-state index contributed by atoms with van der Waals surface area (Å²) in [5, 5.41) is 0. The van der Waals surface area contributed by atoms with Crippen LogP contribution in [0, 0.1) is 6.92 Å². The molecule has 0 spiro atoms. The molecule has 1 aliphatic rings. The zero-order valence-corrected chi connectivity index (χ0v) is 10.8. The normalized spacial score (nSPS) is 19.8. The van der Waals surface area contributed by atoms with E-state index in [-0.39, 0.29) is 6.04 Å². The third-order valence-electron chi connectivity index (χ3n) is 3.23. The molecule has 2 N–H and O–H groups in total. The van der Waals surface area contributed by atoms with E-state index < -0.39 is 0 Å². The summed E-state index contributed by atoms with van der Waals surface area (Å²) in [6, 6.07) is 2.33. The van der Waals surface area contributed by atoms with Crippen molar-refractivity contribution in [2.75, 3.05) is 36.5 Å². The van der Waals surface area contributed by atoms with E-state index in [1.807, 2.05) is 14.0 Å². The van der Waals surface area contributed by atoms with Crippen molar-refractivity contribution in [2.24, 2.45) is 5.73 Å². The van der Waals surface area contributed by atoms with Crippen LogP contribution in [0.5, 0.6) is 0 Å². The highest BCUT2D eigenvalue weighted by Crippen LogP contribution is 2.21. The highest BCUT2D eigenvalue weighted by Gasteiger charge is 2.21. The molecule has 5 heteroatoms. The highest BCUT2D eigenvalue weighted by atomic mass is 15.2. The summed E-state index contributed by atoms with van der Waals surface area (Å²) < 4.78 is 0. The molecule has 1 fully saturated rings. The van der Waals surface area contributed by atoms with Crippen molar-refractivity contribution in [3.8, 4) is 0 Å². The minimum atomic E-state index is 0.276. The SMILES string of the molecule is CCN(C)c1cc(N2CCC(N)C2)nc(C)n1. The molecule has 94 valence electrons. The smallest absolute Gasteiger partial charge is 0.134 e. The Hall–Kier alpha value is -1.36. The van der Waals surface area contributed by atoms with Crippen LogP contribution in [0.25, 0.3) is 0 Å². The Kier molecular flexibility index (Phi) is 3.47. The van der Waals surface area contributed by atoms with Crippen molar-refractivity contribution < 1.29 is 0 Å². The zero-order valence-electron chi connectivity index (χ0n) is 10.8. The average molecular weight is 235 g/mol. The Morgan fingerprint density at radius 1 is 1.53 bits per heavy atom. The molecule has 5 nitrogen and oxygen atoms in total. The van der Waals surface area contributed by atoms with Gasteiger partial charge in [-0.1, -0.05) is 0 Å². The van der Waals surface area contributed by atoms with Crippen molar-refractivity contribution in [3.05, 3.63) is 11.9 Å². The molecule has 2 heterocycles. The van der Waals surface area contributed by atoms with Gasteiger partial charge in [0, 0.05) is 38.8 Å². The quantitative estimate of drug-likeness (QED) is 0.839. The molecule has 1 unspecified atom stereocenters. The molecular formula is C12H21N5. The molecule has 1 aromatic heterocycles. The van der Waals surface area contributed by atoms with Gasteiger partial charge in [-0.15, -0.1) is 0 Å². The van der Waals surface area contributed by atoms with Crippen molar-refractivity contribution in [3.63, 3.8) is 0 Å². The number of rotatable bonds is 3. The fourth-order valence-corrected chi connectivity index (χ4v) is 2.05. The third-order valence-corrected chi connectivity index (χ3v) is 3.23. The van der Waals surface area contributed by atoms with Gasteiger partial charge in [-0.3, -0.25) is 0 Å². The van der Waals surface area contributed by atoms with Gasteiger partial charge >= 0.3 is 0 Å². The summed E-state index contributed by atoms with van der Waals surface area (Å²) in [7, 11) is 2.04. The molecule has 0 aliphatic carbocycles. The van der Waals surface area contributed by atoms with Crippen LogP contribution in [0.4, 0.5) is 11.6 Å². The lowest BCUT2D eigenvalue weighted by Gasteiger charge is -2.21. The number of nitrogens with two attached hydrogens (primary N) is 1. The Morgan fingerprint density at radius 3 is 2.88 bits per heavy atom. The Morgan fingerprint density at radius 2 is 2.29 bits per heavy atom. The Bertz CT molecular complexity index is 392. The van der Waals surface area contributed by atoms with Crippen molar-refractivity contribution in [1.29, 1.82) is 0 Å². The summed E-state index contributed by atoms with van der Waals surface area (Å²) in [5.74, 6) is 2.80. The van der Waals surface area contributed by atoms with Crippen molar-refractivity contribution >= 4 is 11.6 Å². The van der Waals surface area contributed by atoms with Crippen LogP contribution in [-0.4, -0.2) is 42.7 Å². The van der Waals surface area contributed by atoms with Gasteiger partial charge in [0.25, 0.3) is 0 Å². The van der Waals surface area contributed by atoms with E-state index in [0.29, 0.717) is 0 Å². The van der Waals surface area contributed by atoms with E-state index in [4.69, 9.17) is 5.73 Å². The predicted octanol–water partition coefficient (Wildman–Crippen LogP) is 0.779. The monoisotopic (exact) mass is 235 g/mol. The minimum Gasteiger partial charge on any atom is -0.360 e. The molecule has 0 saturated carbocycles. The number of aromatic nitrogens is 2. The van der Waals surface area contributed by atoms with Gasteiger partial charge in [-0.25, -0.2) is 9.97 Å². The first kappa shape index (κ1) is 12.1.